The summed E-state index contributed by atoms with van der Waals surface area (Å²) in [6.07, 6.45) is 0. The van der Waals surface area contributed by atoms with Crippen molar-refractivity contribution in [1.29, 1.82) is 0 Å². The van der Waals surface area contributed by atoms with Crippen molar-refractivity contribution in [2.45, 2.75) is 38.2 Å². The van der Waals surface area contributed by atoms with Gasteiger partial charge in [0.15, 0.2) is 11.0 Å². The van der Waals surface area contributed by atoms with Crippen LogP contribution in [0.4, 0.5) is 0 Å². The van der Waals surface area contributed by atoms with E-state index in [-0.39, 0.29) is 0 Å². The molecule has 5 nitrogen and oxygen atoms in total. The summed E-state index contributed by atoms with van der Waals surface area (Å²) >= 11 is 3.35. The van der Waals surface area contributed by atoms with Crippen molar-refractivity contribution in [3.8, 4) is 27.7 Å². The van der Waals surface area contributed by atoms with Gasteiger partial charge in [0.05, 0.1) is 17.9 Å². The van der Waals surface area contributed by atoms with E-state index in [1.165, 1.54) is 11.1 Å². The minimum absolute atomic E-state index is 0.617. The Hall–Kier alpha value is -2.64. The Morgan fingerprint density at radius 3 is 2.53 bits per heavy atom. The third-order valence-electron chi connectivity index (χ3n) is 4.74. The smallest absolute Gasteiger partial charge is 0.191 e. The Morgan fingerprint density at radius 1 is 1.00 bits per heavy atom. The topological polar surface area (TPSA) is 52.8 Å². The maximum atomic E-state index is 5.79. The Labute approximate surface area is 185 Å². The fraction of sp³-hybridized carbons (Fsp3) is 0.261. The van der Waals surface area contributed by atoms with Crippen molar-refractivity contribution in [1.82, 2.24) is 19.7 Å². The summed E-state index contributed by atoms with van der Waals surface area (Å²) < 4.78 is 7.92. The zero-order chi connectivity index (χ0) is 20.9. The van der Waals surface area contributed by atoms with E-state index >= 15 is 0 Å². The molecule has 0 fully saturated rings. The zero-order valence-corrected chi connectivity index (χ0v) is 19.0. The van der Waals surface area contributed by atoms with Crippen LogP contribution in [0.3, 0.4) is 0 Å². The van der Waals surface area contributed by atoms with E-state index in [4.69, 9.17) is 9.72 Å². The normalized spacial score (nSPS) is 11.0. The van der Waals surface area contributed by atoms with Crippen molar-refractivity contribution in [3.05, 3.63) is 65.2 Å². The van der Waals surface area contributed by atoms with Gasteiger partial charge >= 0.3 is 0 Å². The number of ether oxygens (including phenoxy) is 1. The molecule has 0 saturated carbocycles. The van der Waals surface area contributed by atoms with Crippen LogP contribution < -0.4 is 4.74 Å². The van der Waals surface area contributed by atoms with Crippen LogP contribution in [0.2, 0.25) is 0 Å². The van der Waals surface area contributed by atoms with Gasteiger partial charge in [-0.3, -0.25) is 0 Å². The highest BCUT2D eigenvalue weighted by Crippen LogP contribution is 2.33. The zero-order valence-electron chi connectivity index (χ0n) is 17.3. The first-order chi connectivity index (χ1) is 14.7. The standard InChI is InChI=1S/C23H24N4OS2/c1-4-27-21(19-12-8-9-13-20(19)28-5-2)25-26-23(27)30-15-17-14-29-22(24-17)18-11-7-6-10-16(18)3/h6-14H,4-5,15H2,1-3H3. The first kappa shape index (κ1) is 20.6. The Kier molecular flexibility index (Phi) is 6.50. The lowest BCUT2D eigenvalue weighted by Gasteiger charge is -2.11. The molecule has 0 unspecified atom stereocenters. The van der Waals surface area contributed by atoms with Gasteiger partial charge in [0.25, 0.3) is 0 Å². The highest BCUT2D eigenvalue weighted by Gasteiger charge is 2.17. The van der Waals surface area contributed by atoms with Crippen LogP contribution in [0, 0.1) is 6.92 Å². The Morgan fingerprint density at radius 2 is 1.77 bits per heavy atom. The van der Waals surface area contributed by atoms with Gasteiger partial charge in [-0.15, -0.1) is 21.5 Å². The van der Waals surface area contributed by atoms with E-state index in [1.807, 2.05) is 31.2 Å². The molecule has 30 heavy (non-hydrogen) atoms. The second-order valence-electron chi connectivity index (χ2n) is 6.73. The van der Waals surface area contributed by atoms with Gasteiger partial charge in [-0.25, -0.2) is 4.98 Å². The molecule has 0 aliphatic carbocycles. The van der Waals surface area contributed by atoms with Crippen LogP contribution in [0.1, 0.15) is 25.1 Å². The third-order valence-corrected chi connectivity index (χ3v) is 6.66. The first-order valence-electron chi connectivity index (χ1n) is 9.99. The van der Waals surface area contributed by atoms with Crippen LogP contribution in [0.15, 0.2) is 59.1 Å². The predicted octanol–water partition coefficient (Wildman–Crippen LogP) is 6.09. The molecular weight excluding hydrogens is 412 g/mol. The van der Waals surface area contributed by atoms with E-state index in [2.05, 4.69) is 58.3 Å². The number of hydrogen-bond donors (Lipinski definition) is 0. The summed E-state index contributed by atoms with van der Waals surface area (Å²) in [6.45, 7) is 7.63. The van der Waals surface area contributed by atoms with Crippen LogP contribution >= 0.6 is 23.1 Å². The molecule has 2 aromatic carbocycles. The maximum Gasteiger partial charge on any atom is 0.191 e. The fourth-order valence-electron chi connectivity index (χ4n) is 3.26. The van der Waals surface area contributed by atoms with Gasteiger partial charge in [0.2, 0.25) is 0 Å². The third kappa shape index (κ3) is 4.27. The number of rotatable bonds is 8. The summed E-state index contributed by atoms with van der Waals surface area (Å²) in [6, 6.07) is 16.4. The van der Waals surface area contributed by atoms with Gasteiger partial charge in [-0.2, -0.15) is 0 Å². The number of hydrogen-bond acceptors (Lipinski definition) is 6. The first-order valence-corrected chi connectivity index (χ1v) is 11.9. The number of para-hydroxylation sites is 1. The van der Waals surface area contributed by atoms with E-state index in [9.17, 15) is 0 Å². The van der Waals surface area contributed by atoms with Gasteiger partial charge < -0.3 is 9.30 Å². The quantitative estimate of drug-likeness (QED) is 0.313. The molecule has 0 aliphatic rings. The van der Waals surface area contributed by atoms with E-state index in [1.54, 1.807) is 23.1 Å². The number of nitrogens with zero attached hydrogens (tertiary/aromatic N) is 4. The minimum Gasteiger partial charge on any atom is -0.493 e. The molecule has 0 amide bonds. The highest BCUT2D eigenvalue weighted by molar-refractivity contribution is 7.98. The van der Waals surface area contributed by atoms with Crippen LogP contribution in [-0.4, -0.2) is 26.4 Å². The maximum absolute atomic E-state index is 5.79. The number of aryl methyl sites for hydroxylation is 1. The average molecular weight is 437 g/mol. The highest BCUT2D eigenvalue weighted by atomic mass is 32.2. The van der Waals surface area contributed by atoms with Crippen LogP contribution in [0.5, 0.6) is 5.75 Å². The summed E-state index contributed by atoms with van der Waals surface area (Å²) in [7, 11) is 0. The van der Waals surface area contributed by atoms with Gasteiger partial charge in [0.1, 0.15) is 10.8 Å². The molecule has 7 heteroatoms. The molecule has 0 radical (unpaired) electrons. The number of thiazole rings is 1. The largest absolute Gasteiger partial charge is 0.493 e. The van der Waals surface area contributed by atoms with Crippen LogP contribution in [-0.2, 0) is 12.3 Å². The van der Waals surface area contributed by atoms with Crippen molar-refractivity contribution in [2.24, 2.45) is 0 Å². The summed E-state index contributed by atoms with van der Waals surface area (Å²) in [5.41, 5.74) is 4.47. The van der Waals surface area contributed by atoms with Gasteiger partial charge in [-0.05, 0) is 38.5 Å². The fourth-order valence-corrected chi connectivity index (χ4v) is 5.17. The molecule has 0 spiro atoms. The molecule has 154 valence electrons. The SMILES string of the molecule is CCOc1ccccc1-c1nnc(SCc2csc(-c3ccccc3C)n2)n1CC. The Balaban J connectivity index is 1.54. The molecule has 2 aromatic heterocycles. The van der Waals surface area contributed by atoms with Crippen molar-refractivity contribution >= 4 is 23.1 Å². The van der Waals surface area contributed by atoms with Crippen LogP contribution in [0.25, 0.3) is 22.0 Å². The second-order valence-corrected chi connectivity index (χ2v) is 8.53. The molecule has 0 aliphatic heterocycles. The van der Waals surface area contributed by atoms with Crippen molar-refractivity contribution in [2.75, 3.05) is 6.61 Å². The average Bonchev–Trinajstić information content (AvgIpc) is 3.40. The predicted molar refractivity (Wildman–Crippen MR) is 124 cm³/mol. The van der Waals surface area contributed by atoms with E-state index in [0.29, 0.717) is 6.61 Å². The lowest BCUT2D eigenvalue weighted by atomic mass is 10.1. The summed E-state index contributed by atoms with van der Waals surface area (Å²) in [5.74, 6) is 2.43. The van der Waals surface area contributed by atoms with E-state index < -0.39 is 0 Å². The van der Waals surface area contributed by atoms with Gasteiger partial charge in [-0.1, -0.05) is 48.2 Å². The lowest BCUT2D eigenvalue weighted by Crippen LogP contribution is -2.02. The number of aromatic nitrogens is 4. The van der Waals surface area contributed by atoms with Gasteiger partial charge in [0, 0.05) is 23.2 Å². The van der Waals surface area contributed by atoms with Crippen molar-refractivity contribution < 1.29 is 4.74 Å². The molecule has 0 bridgehead atoms. The molecule has 0 saturated heterocycles. The summed E-state index contributed by atoms with van der Waals surface area (Å²) in [5, 5.41) is 13.0. The Bertz CT molecular complexity index is 1140. The van der Waals surface area contributed by atoms with Crippen molar-refractivity contribution in [3.63, 3.8) is 0 Å². The number of thioether (sulfide) groups is 1. The molecule has 4 rings (SSSR count). The molecule has 2 heterocycles. The molecule has 0 N–H and O–H groups in total. The lowest BCUT2D eigenvalue weighted by molar-refractivity contribution is 0.341. The van der Waals surface area contributed by atoms with E-state index in [0.717, 1.165) is 45.3 Å². The number of benzene rings is 2. The summed E-state index contributed by atoms with van der Waals surface area (Å²) in [4.78, 5) is 4.84. The monoisotopic (exact) mass is 436 g/mol. The molecule has 0 atom stereocenters. The molecule has 4 aromatic rings. The second kappa shape index (κ2) is 9.45. The molecular formula is C23H24N4OS2. The minimum atomic E-state index is 0.617.